The number of rotatable bonds is 3. The quantitative estimate of drug-likeness (QED) is 0.701. The summed E-state index contributed by atoms with van der Waals surface area (Å²) in [6, 6.07) is 1.16. The van der Waals surface area contributed by atoms with Crippen LogP contribution in [0.3, 0.4) is 0 Å². The molecule has 10 heteroatoms. The van der Waals surface area contributed by atoms with Gasteiger partial charge in [0.05, 0.1) is 22.2 Å². The molecule has 30 heavy (non-hydrogen) atoms. The van der Waals surface area contributed by atoms with E-state index in [0.717, 1.165) is 11.0 Å². The van der Waals surface area contributed by atoms with Crippen LogP contribution in [0.2, 0.25) is 0 Å². The van der Waals surface area contributed by atoms with Gasteiger partial charge in [-0.05, 0) is 38.3 Å². The van der Waals surface area contributed by atoms with Crippen molar-refractivity contribution in [3.63, 3.8) is 0 Å². The number of imide groups is 2. The average Bonchev–Trinajstić information content (AvgIpc) is 2.92. The average molecular weight is 417 g/mol. The van der Waals surface area contributed by atoms with Gasteiger partial charge in [0.15, 0.2) is 0 Å². The Morgan fingerprint density at radius 2 is 1.73 bits per heavy atom. The van der Waals surface area contributed by atoms with Crippen molar-refractivity contribution < 1.29 is 33.5 Å². The standard InChI is InChI=1S/C20H20FN3O6/c1-20(19(29)30)4-6-23(7-5-20)14-9-11-10(8-12(14)21)17(27)24(18(11)28)13-2-3-15(25)22-16(13)26/h8-9,13H,2-7H2,1H3,(H,29,30)(H,22,25,26). The van der Waals surface area contributed by atoms with Crippen molar-refractivity contribution in [1.82, 2.24) is 10.2 Å². The first-order valence-electron chi connectivity index (χ1n) is 9.66. The lowest BCUT2D eigenvalue weighted by Gasteiger charge is -2.37. The molecule has 3 aliphatic rings. The number of fused-ring (bicyclic) bond motifs is 1. The first-order chi connectivity index (χ1) is 14.1. The van der Waals surface area contributed by atoms with Crippen molar-refractivity contribution in [1.29, 1.82) is 0 Å². The van der Waals surface area contributed by atoms with Crippen LogP contribution in [0.1, 0.15) is 53.3 Å². The number of halogens is 1. The molecule has 1 atom stereocenters. The molecule has 1 unspecified atom stereocenters. The largest absolute Gasteiger partial charge is 0.481 e. The van der Waals surface area contributed by atoms with Gasteiger partial charge in [-0.3, -0.25) is 34.2 Å². The Morgan fingerprint density at radius 1 is 1.13 bits per heavy atom. The number of carbonyl (C=O) groups is 5. The van der Waals surface area contributed by atoms with Gasteiger partial charge in [-0.25, -0.2) is 4.39 Å². The fourth-order valence-corrected chi connectivity index (χ4v) is 4.18. The minimum Gasteiger partial charge on any atom is -0.481 e. The summed E-state index contributed by atoms with van der Waals surface area (Å²) in [5.41, 5.74) is -0.906. The van der Waals surface area contributed by atoms with Gasteiger partial charge in [-0.15, -0.1) is 0 Å². The van der Waals surface area contributed by atoms with Gasteiger partial charge in [-0.2, -0.15) is 0 Å². The van der Waals surface area contributed by atoms with Gasteiger partial charge in [0.2, 0.25) is 11.8 Å². The van der Waals surface area contributed by atoms with E-state index in [0.29, 0.717) is 12.8 Å². The van der Waals surface area contributed by atoms with Crippen LogP contribution in [-0.2, 0) is 14.4 Å². The summed E-state index contributed by atoms with van der Waals surface area (Å²) in [4.78, 5) is 63.0. The molecule has 4 amide bonds. The number of benzene rings is 1. The zero-order valence-corrected chi connectivity index (χ0v) is 16.2. The summed E-state index contributed by atoms with van der Waals surface area (Å²) < 4.78 is 14.8. The van der Waals surface area contributed by atoms with Crippen molar-refractivity contribution in [2.24, 2.45) is 5.41 Å². The number of hydrogen-bond acceptors (Lipinski definition) is 6. The van der Waals surface area contributed by atoms with Crippen molar-refractivity contribution in [3.8, 4) is 0 Å². The first-order valence-corrected chi connectivity index (χ1v) is 9.66. The van der Waals surface area contributed by atoms with Gasteiger partial charge < -0.3 is 10.0 Å². The second-order valence-electron chi connectivity index (χ2n) is 8.15. The molecule has 0 bridgehead atoms. The van der Waals surface area contributed by atoms with Crippen molar-refractivity contribution in [2.75, 3.05) is 18.0 Å². The molecule has 2 fully saturated rings. The molecular weight excluding hydrogens is 397 g/mol. The summed E-state index contributed by atoms with van der Waals surface area (Å²) in [7, 11) is 0. The normalized spacial score (nSPS) is 23.5. The van der Waals surface area contributed by atoms with Gasteiger partial charge in [0, 0.05) is 19.5 Å². The van der Waals surface area contributed by atoms with Gasteiger partial charge >= 0.3 is 5.97 Å². The Kier molecular flexibility index (Phi) is 4.59. The maximum atomic E-state index is 14.8. The van der Waals surface area contributed by atoms with Crippen LogP contribution in [0.15, 0.2) is 12.1 Å². The number of carboxylic acid groups (broad SMARTS) is 1. The fourth-order valence-electron chi connectivity index (χ4n) is 4.18. The number of amides is 4. The molecule has 3 aliphatic heterocycles. The maximum absolute atomic E-state index is 14.8. The van der Waals surface area contributed by atoms with E-state index in [1.165, 1.54) is 6.07 Å². The van der Waals surface area contributed by atoms with E-state index >= 15 is 0 Å². The number of nitrogens with zero attached hydrogens (tertiary/aromatic N) is 2. The number of carboxylic acids is 1. The number of carbonyl (C=O) groups excluding carboxylic acids is 4. The highest BCUT2D eigenvalue weighted by molar-refractivity contribution is 6.23. The molecule has 0 radical (unpaired) electrons. The van der Waals surface area contributed by atoms with Gasteiger partial charge in [0.25, 0.3) is 11.8 Å². The topological polar surface area (TPSA) is 124 Å². The third kappa shape index (κ3) is 3.03. The Morgan fingerprint density at radius 3 is 2.30 bits per heavy atom. The lowest BCUT2D eigenvalue weighted by atomic mass is 9.80. The Bertz CT molecular complexity index is 999. The molecule has 3 heterocycles. The van der Waals surface area contributed by atoms with E-state index in [1.54, 1.807) is 11.8 Å². The minimum atomic E-state index is -1.12. The monoisotopic (exact) mass is 417 g/mol. The summed E-state index contributed by atoms with van der Waals surface area (Å²) in [6.45, 7) is 2.22. The smallest absolute Gasteiger partial charge is 0.309 e. The number of anilines is 1. The van der Waals surface area contributed by atoms with E-state index in [4.69, 9.17) is 0 Å². The number of aliphatic carboxylic acids is 1. The highest BCUT2D eigenvalue weighted by Gasteiger charge is 2.45. The second-order valence-corrected chi connectivity index (χ2v) is 8.15. The summed E-state index contributed by atoms with van der Waals surface area (Å²) in [5, 5.41) is 11.5. The molecule has 0 saturated carbocycles. The summed E-state index contributed by atoms with van der Waals surface area (Å²) in [5.74, 6) is -4.29. The lowest BCUT2D eigenvalue weighted by Crippen LogP contribution is -2.54. The van der Waals surface area contributed by atoms with Crippen molar-refractivity contribution in [3.05, 3.63) is 29.1 Å². The highest BCUT2D eigenvalue weighted by Crippen LogP contribution is 2.37. The molecule has 1 aromatic carbocycles. The predicted molar refractivity (Wildman–Crippen MR) is 100 cm³/mol. The van der Waals surface area contributed by atoms with E-state index in [1.807, 2.05) is 0 Å². The Hall–Kier alpha value is -3.30. The maximum Gasteiger partial charge on any atom is 0.309 e. The number of piperidine rings is 2. The highest BCUT2D eigenvalue weighted by atomic mass is 19.1. The molecule has 158 valence electrons. The van der Waals surface area contributed by atoms with E-state index in [9.17, 15) is 33.5 Å². The van der Waals surface area contributed by atoms with Gasteiger partial charge in [0.1, 0.15) is 11.9 Å². The molecular formula is C20H20FN3O6. The first kappa shape index (κ1) is 20.0. The van der Waals surface area contributed by atoms with Crippen LogP contribution >= 0.6 is 0 Å². The van der Waals surface area contributed by atoms with Crippen molar-refractivity contribution >= 4 is 35.3 Å². The summed E-state index contributed by atoms with van der Waals surface area (Å²) >= 11 is 0. The number of hydrogen-bond donors (Lipinski definition) is 2. The summed E-state index contributed by atoms with van der Waals surface area (Å²) in [6.07, 6.45) is 0.646. The molecule has 0 aliphatic carbocycles. The Balaban J connectivity index is 1.61. The van der Waals surface area contributed by atoms with Crippen LogP contribution in [0.25, 0.3) is 0 Å². The molecule has 2 N–H and O–H groups in total. The van der Waals surface area contributed by atoms with Gasteiger partial charge in [-0.1, -0.05) is 0 Å². The van der Waals surface area contributed by atoms with Crippen molar-refractivity contribution in [2.45, 2.75) is 38.6 Å². The molecule has 0 spiro atoms. The van der Waals surface area contributed by atoms with Crippen LogP contribution in [0, 0.1) is 11.2 Å². The zero-order chi connectivity index (χ0) is 21.8. The van der Waals surface area contributed by atoms with E-state index in [2.05, 4.69) is 5.32 Å². The molecule has 9 nitrogen and oxygen atoms in total. The molecule has 2 saturated heterocycles. The van der Waals surface area contributed by atoms with Crippen LogP contribution < -0.4 is 10.2 Å². The minimum absolute atomic E-state index is 0.000451. The third-order valence-electron chi connectivity index (χ3n) is 6.23. The van der Waals surface area contributed by atoms with Crippen LogP contribution in [0.4, 0.5) is 10.1 Å². The molecule has 1 aromatic rings. The lowest BCUT2D eigenvalue weighted by molar-refractivity contribution is -0.149. The predicted octanol–water partition coefficient (Wildman–Crippen LogP) is 0.918. The third-order valence-corrected chi connectivity index (χ3v) is 6.23. The second kappa shape index (κ2) is 6.89. The Labute approximate surface area is 170 Å². The van der Waals surface area contributed by atoms with E-state index in [-0.39, 0.29) is 42.7 Å². The van der Waals surface area contributed by atoms with Crippen LogP contribution in [-0.4, -0.2) is 58.7 Å². The fraction of sp³-hybridized carbons (Fsp3) is 0.450. The molecule has 4 rings (SSSR count). The van der Waals surface area contributed by atoms with E-state index < -0.39 is 46.9 Å². The molecule has 0 aromatic heterocycles. The zero-order valence-electron chi connectivity index (χ0n) is 16.2. The van der Waals surface area contributed by atoms with Crippen LogP contribution in [0.5, 0.6) is 0 Å². The number of nitrogens with one attached hydrogen (secondary N) is 1. The SMILES string of the molecule is CC1(C(=O)O)CCN(c2cc3c(cc2F)C(=O)N(C2CCC(=O)NC2=O)C3=O)CC1.